The fourth-order valence-corrected chi connectivity index (χ4v) is 2.63. The Morgan fingerprint density at radius 1 is 1.45 bits per heavy atom. The number of halogens is 1. The standard InChI is InChI=1S/C14H16ClN3O2/c1-9-13(17-14(19)10-4-6-20-7-5-10)18-8-11(15)2-3-12(18)16-9/h2-3,8,10H,4-7H2,1H3,(H,17,19). The molecule has 0 unspecified atom stereocenters. The summed E-state index contributed by atoms with van der Waals surface area (Å²) in [4.78, 5) is 16.7. The molecule has 1 aliphatic heterocycles. The van der Waals surface area contributed by atoms with Crippen LogP contribution in [0.1, 0.15) is 18.5 Å². The van der Waals surface area contributed by atoms with E-state index in [0.717, 1.165) is 24.2 Å². The number of imidazole rings is 1. The molecule has 1 amide bonds. The van der Waals surface area contributed by atoms with E-state index in [1.807, 2.05) is 17.4 Å². The van der Waals surface area contributed by atoms with Gasteiger partial charge in [-0.2, -0.15) is 0 Å². The van der Waals surface area contributed by atoms with Crippen LogP contribution in [0.5, 0.6) is 0 Å². The Morgan fingerprint density at radius 3 is 2.95 bits per heavy atom. The highest BCUT2D eigenvalue weighted by Crippen LogP contribution is 2.22. The molecule has 3 heterocycles. The lowest BCUT2D eigenvalue weighted by atomic mass is 9.99. The zero-order valence-corrected chi connectivity index (χ0v) is 12.0. The SMILES string of the molecule is Cc1nc2ccc(Cl)cn2c1NC(=O)C1CCOCC1. The van der Waals surface area contributed by atoms with Crippen LogP contribution in [0.2, 0.25) is 5.02 Å². The van der Waals surface area contributed by atoms with Crippen molar-refractivity contribution in [3.05, 3.63) is 29.0 Å². The highest BCUT2D eigenvalue weighted by atomic mass is 35.5. The van der Waals surface area contributed by atoms with Crippen LogP contribution in [-0.4, -0.2) is 28.5 Å². The second kappa shape index (κ2) is 5.42. The molecule has 0 spiro atoms. The fraction of sp³-hybridized carbons (Fsp3) is 0.429. The Bertz CT molecular complexity index is 647. The van der Waals surface area contributed by atoms with Crippen molar-refractivity contribution in [1.82, 2.24) is 9.38 Å². The largest absolute Gasteiger partial charge is 0.381 e. The highest BCUT2D eigenvalue weighted by Gasteiger charge is 2.23. The third-order valence-corrected chi connectivity index (χ3v) is 3.81. The van der Waals surface area contributed by atoms with E-state index in [1.54, 1.807) is 12.3 Å². The van der Waals surface area contributed by atoms with E-state index in [4.69, 9.17) is 16.3 Å². The maximum Gasteiger partial charge on any atom is 0.228 e. The summed E-state index contributed by atoms with van der Waals surface area (Å²) in [6.45, 7) is 3.17. The molecule has 0 atom stereocenters. The van der Waals surface area contributed by atoms with Gasteiger partial charge in [-0.15, -0.1) is 0 Å². The van der Waals surface area contributed by atoms with Crippen molar-refractivity contribution in [3.8, 4) is 0 Å². The number of pyridine rings is 1. The van der Waals surface area contributed by atoms with Crippen molar-refractivity contribution < 1.29 is 9.53 Å². The highest BCUT2D eigenvalue weighted by molar-refractivity contribution is 6.30. The Kier molecular flexibility index (Phi) is 3.63. The molecule has 0 saturated carbocycles. The monoisotopic (exact) mass is 293 g/mol. The Balaban J connectivity index is 1.88. The molecule has 5 nitrogen and oxygen atoms in total. The molecule has 2 aromatic heterocycles. The first-order valence-electron chi connectivity index (χ1n) is 6.68. The molecule has 0 aliphatic carbocycles. The third-order valence-electron chi connectivity index (χ3n) is 3.59. The van der Waals surface area contributed by atoms with E-state index in [-0.39, 0.29) is 11.8 Å². The molecule has 0 aromatic carbocycles. The quantitative estimate of drug-likeness (QED) is 0.926. The minimum absolute atomic E-state index is 0.00730. The molecular weight excluding hydrogens is 278 g/mol. The molecule has 1 fully saturated rings. The fourth-order valence-electron chi connectivity index (χ4n) is 2.47. The smallest absolute Gasteiger partial charge is 0.228 e. The second-order valence-electron chi connectivity index (χ2n) is 5.00. The number of nitrogens with zero attached hydrogens (tertiary/aromatic N) is 2. The van der Waals surface area contributed by atoms with Gasteiger partial charge < -0.3 is 10.1 Å². The molecule has 1 saturated heterocycles. The van der Waals surface area contributed by atoms with Gasteiger partial charge in [-0.25, -0.2) is 4.98 Å². The van der Waals surface area contributed by atoms with E-state index in [0.29, 0.717) is 24.1 Å². The van der Waals surface area contributed by atoms with Gasteiger partial charge in [0.1, 0.15) is 11.5 Å². The molecule has 2 aromatic rings. The number of nitrogens with one attached hydrogen (secondary N) is 1. The van der Waals surface area contributed by atoms with Crippen LogP contribution in [0, 0.1) is 12.8 Å². The summed E-state index contributed by atoms with van der Waals surface area (Å²) in [6, 6.07) is 3.62. The van der Waals surface area contributed by atoms with Gasteiger partial charge in [0, 0.05) is 25.3 Å². The minimum Gasteiger partial charge on any atom is -0.381 e. The Morgan fingerprint density at radius 2 is 2.20 bits per heavy atom. The van der Waals surface area contributed by atoms with Gasteiger partial charge in [0.2, 0.25) is 5.91 Å². The molecular formula is C14H16ClN3O2. The number of aryl methyl sites for hydroxylation is 1. The van der Waals surface area contributed by atoms with E-state index in [2.05, 4.69) is 10.3 Å². The van der Waals surface area contributed by atoms with Crippen LogP contribution in [0.15, 0.2) is 18.3 Å². The lowest BCUT2D eigenvalue weighted by Gasteiger charge is -2.21. The maximum absolute atomic E-state index is 12.3. The van der Waals surface area contributed by atoms with E-state index in [9.17, 15) is 4.79 Å². The molecule has 6 heteroatoms. The zero-order valence-electron chi connectivity index (χ0n) is 11.2. The van der Waals surface area contributed by atoms with E-state index >= 15 is 0 Å². The topological polar surface area (TPSA) is 55.6 Å². The Labute approximate surface area is 121 Å². The van der Waals surface area contributed by atoms with E-state index < -0.39 is 0 Å². The van der Waals surface area contributed by atoms with Gasteiger partial charge in [0.05, 0.1) is 10.7 Å². The molecule has 20 heavy (non-hydrogen) atoms. The van der Waals surface area contributed by atoms with Crippen LogP contribution in [0.4, 0.5) is 5.82 Å². The number of anilines is 1. The summed E-state index contributed by atoms with van der Waals surface area (Å²) in [5, 5.41) is 3.59. The average molecular weight is 294 g/mol. The lowest BCUT2D eigenvalue weighted by molar-refractivity contribution is -0.122. The van der Waals surface area contributed by atoms with Gasteiger partial charge >= 0.3 is 0 Å². The minimum atomic E-state index is 0.00730. The first kappa shape index (κ1) is 13.4. The number of hydrogen-bond acceptors (Lipinski definition) is 3. The van der Waals surface area contributed by atoms with Gasteiger partial charge in [-0.05, 0) is 31.9 Å². The summed E-state index contributed by atoms with van der Waals surface area (Å²) in [5.41, 5.74) is 1.56. The van der Waals surface area contributed by atoms with Crippen molar-refractivity contribution in [1.29, 1.82) is 0 Å². The average Bonchev–Trinajstić information content (AvgIpc) is 2.76. The van der Waals surface area contributed by atoms with Crippen molar-refractivity contribution in [2.45, 2.75) is 19.8 Å². The molecule has 1 aliphatic rings. The van der Waals surface area contributed by atoms with Crippen LogP contribution in [-0.2, 0) is 9.53 Å². The van der Waals surface area contributed by atoms with Crippen molar-refractivity contribution in [2.24, 2.45) is 5.92 Å². The zero-order chi connectivity index (χ0) is 14.1. The van der Waals surface area contributed by atoms with Crippen LogP contribution >= 0.6 is 11.6 Å². The van der Waals surface area contributed by atoms with Gasteiger partial charge in [-0.3, -0.25) is 9.20 Å². The molecule has 106 valence electrons. The summed E-state index contributed by atoms with van der Waals surface area (Å²) < 4.78 is 7.09. The number of ether oxygens (including phenoxy) is 1. The van der Waals surface area contributed by atoms with Crippen molar-refractivity contribution in [2.75, 3.05) is 18.5 Å². The van der Waals surface area contributed by atoms with Crippen molar-refractivity contribution >= 4 is 29.0 Å². The number of amides is 1. The number of fused-ring (bicyclic) bond motifs is 1. The predicted molar refractivity (Wildman–Crippen MR) is 77.1 cm³/mol. The van der Waals surface area contributed by atoms with Crippen molar-refractivity contribution in [3.63, 3.8) is 0 Å². The molecule has 1 N–H and O–H groups in total. The normalized spacial score (nSPS) is 16.5. The number of aromatic nitrogens is 2. The molecule has 0 bridgehead atoms. The lowest BCUT2D eigenvalue weighted by Crippen LogP contribution is -2.29. The molecule has 0 radical (unpaired) electrons. The second-order valence-corrected chi connectivity index (χ2v) is 5.43. The number of hydrogen-bond donors (Lipinski definition) is 1. The predicted octanol–water partition coefficient (Wildman–Crippen LogP) is 2.66. The Hall–Kier alpha value is -1.59. The maximum atomic E-state index is 12.3. The van der Waals surface area contributed by atoms with Crippen LogP contribution in [0.25, 0.3) is 5.65 Å². The van der Waals surface area contributed by atoms with E-state index in [1.165, 1.54) is 0 Å². The summed E-state index contributed by atoms with van der Waals surface area (Å²) >= 11 is 6.01. The summed E-state index contributed by atoms with van der Waals surface area (Å²) in [6.07, 6.45) is 3.29. The molecule has 3 rings (SSSR count). The first-order valence-corrected chi connectivity index (χ1v) is 7.06. The number of carbonyl (C=O) groups is 1. The van der Waals surface area contributed by atoms with Gasteiger partial charge in [0.15, 0.2) is 0 Å². The van der Waals surface area contributed by atoms with Crippen LogP contribution in [0.3, 0.4) is 0 Å². The first-order chi connectivity index (χ1) is 9.65. The van der Waals surface area contributed by atoms with Crippen LogP contribution < -0.4 is 5.32 Å². The van der Waals surface area contributed by atoms with Gasteiger partial charge in [0.25, 0.3) is 0 Å². The number of rotatable bonds is 2. The third kappa shape index (κ3) is 2.51. The summed E-state index contributed by atoms with van der Waals surface area (Å²) in [7, 11) is 0. The summed E-state index contributed by atoms with van der Waals surface area (Å²) in [5.74, 6) is 0.727. The van der Waals surface area contributed by atoms with Gasteiger partial charge in [-0.1, -0.05) is 11.6 Å². The number of carbonyl (C=O) groups excluding carboxylic acids is 1.